The van der Waals surface area contributed by atoms with Crippen LogP contribution in [0.15, 0.2) is 90.1 Å². The second-order valence-corrected chi connectivity index (χ2v) is 7.41. The Morgan fingerprint density at radius 2 is 1.87 bits per heavy atom. The molecule has 0 aliphatic heterocycles. The van der Waals surface area contributed by atoms with Crippen molar-refractivity contribution >= 4 is 21.8 Å². The molecular formula is C23H19BrN4O2. The maximum atomic E-state index is 12.6. The van der Waals surface area contributed by atoms with Crippen LogP contribution >= 0.6 is 15.9 Å². The number of hydrogen-bond acceptors (Lipinski definition) is 4. The first-order valence-corrected chi connectivity index (χ1v) is 10.2. The molecule has 0 unspecified atom stereocenters. The highest BCUT2D eigenvalue weighted by Crippen LogP contribution is 2.24. The Kier molecular flexibility index (Phi) is 6.20. The number of para-hydroxylation sites is 1. The van der Waals surface area contributed by atoms with Gasteiger partial charge in [-0.15, -0.1) is 0 Å². The van der Waals surface area contributed by atoms with E-state index in [-0.39, 0.29) is 5.91 Å². The van der Waals surface area contributed by atoms with Crippen LogP contribution in [0.3, 0.4) is 0 Å². The minimum Gasteiger partial charge on any atom is -0.488 e. The molecular weight excluding hydrogens is 444 g/mol. The van der Waals surface area contributed by atoms with Gasteiger partial charge >= 0.3 is 0 Å². The predicted octanol–water partition coefficient (Wildman–Crippen LogP) is 4.54. The zero-order valence-electron chi connectivity index (χ0n) is 16.0. The molecule has 0 spiro atoms. The lowest BCUT2D eigenvalue weighted by atomic mass is 10.1. The molecule has 2 heterocycles. The standard InChI is InChI=1S/C23H19BrN4O2/c24-20-5-1-2-6-21(20)30-15-17-7-9-18(10-8-17)23(29)27-14-19-4-3-11-26-22(19)28-13-12-25-16-28/h1-13,16H,14-15H2,(H,27,29). The molecule has 1 N–H and O–H groups in total. The summed E-state index contributed by atoms with van der Waals surface area (Å²) in [5.41, 5.74) is 2.48. The summed E-state index contributed by atoms with van der Waals surface area (Å²) in [7, 11) is 0. The van der Waals surface area contributed by atoms with E-state index in [1.165, 1.54) is 0 Å². The molecule has 4 rings (SSSR count). The summed E-state index contributed by atoms with van der Waals surface area (Å²) in [6.45, 7) is 0.793. The van der Waals surface area contributed by atoms with Gasteiger partial charge in [0.25, 0.3) is 5.91 Å². The molecule has 7 heteroatoms. The van der Waals surface area contributed by atoms with Crippen LogP contribution in [0.25, 0.3) is 5.82 Å². The van der Waals surface area contributed by atoms with E-state index in [2.05, 4.69) is 31.2 Å². The van der Waals surface area contributed by atoms with Gasteiger partial charge in [0.2, 0.25) is 0 Å². The second kappa shape index (κ2) is 9.37. The number of halogens is 1. The smallest absolute Gasteiger partial charge is 0.251 e. The molecule has 0 saturated carbocycles. The van der Waals surface area contributed by atoms with Crippen LogP contribution in [0.4, 0.5) is 0 Å². The van der Waals surface area contributed by atoms with Gasteiger partial charge in [-0.05, 0) is 51.8 Å². The number of imidazole rings is 1. The van der Waals surface area contributed by atoms with Gasteiger partial charge in [-0.1, -0.05) is 30.3 Å². The summed E-state index contributed by atoms with van der Waals surface area (Å²) in [4.78, 5) is 21.0. The highest BCUT2D eigenvalue weighted by molar-refractivity contribution is 9.10. The quantitative estimate of drug-likeness (QED) is 0.437. The first-order chi connectivity index (χ1) is 14.7. The van der Waals surface area contributed by atoms with Crippen LogP contribution in [0.5, 0.6) is 5.75 Å². The van der Waals surface area contributed by atoms with Gasteiger partial charge < -0.3 is 10.1 Å². The van der Waals surface area contributed by atoms with Gasteiger partial charge in [0, 0.05) is 36.3 Å². The van der Waals surface area contributed by atoms with Crippen molar-refractivity contribution in [1.29, 1.82) is 0 Å². The van der Waals surface area contributed by atoms with Gasteiger partial charge in [-0.25, -0.2) is 9.97 Å². The molecule has 2 aromatic carbocycles. The molecule has 0 bridgehead atoms. The van der Waals surface area contributed by atoms with Crippen LogP contribution in [0.2, 0.25) is 0 Å². The van der Waals surface area contributed by atoms with Crippen molar-refractivity contribution in [2.24, 2.45) is 0 Å². The number of nitrogens with one attached hydrogen (secondary N) is 1. The SMILES string of the molecule is O=C(NCc1cccnc1-n1ccnc1)c1ccc(COc2ccccc2Br)cc1. The molecule has 4 aromatic rings. The van der Waals surface area contributed by atoms with Crippen LogP contribution in [-0.4, -0.2) is 20.4 Å². The van der Waals surface area contributed by atoms with Crippen LogP contribution in [0, 0.1) is 0 Å². The third-order valence-corrected chi connectivity index (χ3v) is 5.16. The Balaban J connectivity index is 1.36. The highest BCUT2D eigenvalue weighted by Gasteiger charge is 2.09. The van der Waals surface area contributed by atoms with Gasteiger partial charge in [0.05, 0.1) is 4.47 Å². The van der Waals surface area contributed by atoms with E-state index >= 15 is 0 Å². The van der Waals surface area contributed by atoms with Crippen LogP contribution in [0.1, 0.15) is 21.5 Å². The second-order valence-electron chi connectivity index (χ2n) is 6.55. The largest absolute Gasteiger partial charge is 0.488 e. The zero-order valence-corrected chi connectivity index (χ0v) is 17.6. The lowest BCUT2D eigenvalue weighted by Crippen LogP contribution is -2.23. The molecule has 0 aliphatic rings. The van der Waals surface area contributed by atoms with E-state index < -0.39 is 0 Å². The maximum absolute atomic E-state index is 12.6. The topological polar surface area (TPSA) is 69.0 Å². The van der Waals surface area contributed by atoms with Crippen molar-refractivity contribution in [3.8, 4) is 11.6 Å². The number of rotatable bonds is 7. The average Bonchev–Trinajstić information content (AvgIpc) is 3.32. The molecule has 0 fully saturated rings. The third-order valence-electron chi connectivity index (χ3n) is 4.50. The van der Waals surface area contributed by atoms with Gasteiger partial charge in [0.1, 0.15) is 24.5 Å². The number of carbonyl (C=O) groups excluding carboxylic acids is 1. The van der Waals surface area contributed by atoms with Crippen molar-refractivity contribution in [1.82, 2.24) is 19.9 Å². The Labute approximate surface area is 182 Å². The number of carbonyl (C=O) groups is 1. The highest BCUT2D eigenvalue weighted by atomic mass is 79.9. The summed E-state index contributed by atoms with van der Waals surface area (Å²) in [6.07, 6.45) is 6.92. The van der Waals surface area contributed by atoms with Gasteiger partial charge in [0.15, 0.2) is 0 Å². The molecule has 6 nitrogen and oxygen atoms in total. The summed E-state index contributed by atoms with van der Waals surface area (Å²) >= 11 is 3.47. The number of amides is 1. The monoisotopic (exact) mass is 462 g/mol. The number of benzene rings is 2. The summed E-state index contributed by atoms with van der Waals surface area (Å²) < 4.78 is 8.54. The molecule has 0 atom stereocenters. The van der Waals surface area contributed by atoms with E-state index in [0.29, 0.717) is 18.7 Å². The Morgan fingerprint density at radius 3 is 2.63 bits per heavy atom. The number of nitrogens with zero attached hydrogens (tertiary/aromatic N) is 3. The van der Waals surface area contributed by atoms with E-state index in [1.807, 2.05) is 59.3 Å². The predicted molar refractivity (Wildman–Crippen MR) is 117 cm³/mol. The minimum atomic E-state index is -0.145. The Hall–Kier alpha value is -3.45. The van der Waals surface area contributed by atoms with Gasteiger partial charge in [-0.2, -0.15) is 0 Å². The fourth-order valence-corrected chi connectivity index (χ4v) is 3.34. The number of pyridine rings is 1. The van der Waals surface area contributed by atoms with Crippen molar-refractivity contribution in [2.45, 2.75) is 13.2 Å². The van der Waals surface area contributed by atoms with E-state index in [4.69, 9.17) is 4.74 Å². The van der Waals surface area contributed by atoms with E-state index in [9.17, 15) is 4.79 Å². The van der Waals surface area contributed by atoms with Gasteiger partial charge in [-0.3, -0.25) is 9.36 Å². The molecule has 1 amide bonds. The first-order valence-electron chi connectivity index (χ1n) is 9.37. The summed E-state index contributed by atoms with van der Waals surface area (Å²) in [6, 6.07) is 18.9. The lowest BCUT2D eigenvalue weighted by molar-refractivity contribution is 0.0951. The molecule has 150 valence electrons. The molecule has 2 aromatic heterocycles. The average molecular weight is 463 g/mol. The third kappa shape index (κ3) is 4.75. The fourth-order valence-electron chi connectivity index (χ4n) is 2.94. The molecule has 0 aliphatic carbocycles. The summed E-state index contributed by atoms with van der Waals surface area (Å²) in [5.74, 6) is 1.38. The first kappa shape index (κ1) is 19.8. The van der Waals surface area contributed by atoms with Crippen LogP contribution in [-0.2, 0) is 13.2 Å². The van der Waals surface area contributed by atoms with Crippen molar-refractivity contribution in [3.63, 3.8) is 0 Å². The number of hydrogen-bond donors (Lipinski definition) is 1. The van der Waals surface area contributed by atoms with E-state index in [0.717, 1.165) is 27.2 Å². The van der Waals surface area contributed by atoms with Crippen molar-refractivity contribution in [3.05, 3.63) is 107 Å². The Bertz CT molecular complexity index is 1130. The van der Waals surface area contributed by atoms with Crippen molar-refractivity contribution in [2.75, 3.05) is 0 Å². The minimum absolute atomic E-state index is 0.145. The maximum Gasteiger partial charge on any atom is 0.251 e. The van der Waals surface area contributed by atoms with Crippen molar-refractivity contribution < 1.29 is 9.53 Å². The number of ether oxygens (including phenoxy) is 1. The van der Waals surface area contributed by atoms with Crippen LogP contribution < -0.4 is 10.1 Å². The molecule has 0 saturated heterocycles. The lowest BCUT2D eigenvalue weighted by Gasteiger charge is -2.11. The molecule has 0 radical (unpaired) electrons. The summed E-state index contributed by atoms with van der Waals surface area (Å²) in [5, 5.41) is 2.95. The molecule has 30 heavy (non-hydrogen) atoms. The number of aromatic nitrogens is 3. The normalized spacial score (nSPS) is 10.6. The zero-order chi connectivity index (χ0) is 20.8. The van der Waals surface area contributed by atoms with E-state index in [1.54, 1.807) is 30.9 Å². The fraction of sp³-hybridized carbons (Fsp3) is 0.0870. The Morgan fingerprint density at radius 1 is 1.03 bits per heavy atom.